The summed E-state index contributed by atoms with van der Waals surface area (Å²) in [6.45, 7) is 1.37. The maximum absolute atomic E-state index is 11.1. The van der Waals surface area contributed by atoms with Gasteiger partial charge in [-0.2, -0.15) is 0 Å². The van der Waals surface area contributed by atoms with Crippen molar-refractivity contribution in [1.82, 2.24) is 0 Å². The van der Waals surface area contributed by atoms with Gasteiger partial charge in [-0.15, -0.1) is 0 Å². The standard InChI is InChI=1S/C23H16ClNO3/c1-15(26)27-19-10-8-18(9-11-19)25-21-14-23(16-5-3-2-4-6-16)28-22-12-7-17(24)13-20(21)22/h2-14H,1H3. The van der Waals surface area contributed by atoms with Gasteiger partial charge in [0, 0.05) is 29.0 Å². The molecule has 3 aromatic carbocycles. The third-order valence-corrected chi connectivity index (χ3v) is 4.35. The minimum absolute atomic E-state index is 0.359. The molecule has 0 amide bonds. The van der Waals surface area contributed by atoms with Gasteiger partial charge < -0.3 is 9.15 Å². The van der Waals surface area contributed by atoms with Crippen LogP contribution in [0, 0.1) is 0 Å². The fourth-order valence-corrected chi connectivity index (χ4v) is 3.04. The SMILES string of the molecule is CC(=O)Oc1ccc(N=c2cc(-c3ccccc3)oc3ccc(Cl)cc23)cc1. The van der Waals surface area contributed by atoms with Gasteiger partial charge in [0.2, 0.25) is 0 Å². The summed E-state index contributed by atoms with van der Waals surface area (Å²) >= 11 is 6.19. The van der Waals surface area contributed by atoms with Crippen LogP contribution in [0.15, 0.2) is 88.3 Å². The van der Waals surface area contributed by atoms with Gasteiger partial charge in [-0.3, -0.25) is 4.79 Å². The van der Waals surface area contributed by atoms with Crippen LogP contribution in [0.1, 0.15) is 6.92 Å². The third-order valence-electron chi connectivity index (χ3n) is 4.11. The van der Waals surface area contributed by atoms with Crippen molar-refractivity contribution in [2.75, 3.05) is 0 Å². The van der Waals surface area contributed by atoms with Gasteiger partial charge in [-0.25, -0.2) is 4.99 Å². The molecule has 0 spiro atoms. The highest BCUT2D eigenvalue weighted by molar-refractivity contribution is 6.31. The Labute approximate surface area is 166 Å². The fourth-order valence-electron chi connectivity index (χ4n) is 2.87. The zero-order valence-electron chi connectivity index (χ0n) is 15.1. The largest absolute Gasteiger partial charge is 0.456 e. The first kappa shape index (κ1) is 18.0. The summed E-state index contributed by atoms with van der Waals surface area (Å²) in [5, 5.41) is 2.16. The topological polar surface area (TPSA) is 51.8 Å². The van der Waals surface area contributed by atoms with Crippen molar-refractivity contribution in [3.63, 3.8) is 0 Å². The van der Waals surface area contributed by atoms with Gasteiger partial charge in [0.05, 0.1) is 11.0 Å². The number of rotatable bonds is 3. The van der Waals surface area contributed by atoms with E-state index in [-0.39, 0.29) is 5.97 Å². The van der Waals surface area contributed by atoms with Crippen LogP contribution in [-0.2, 0) is 4.79 Å². The Balaban J connectivity index is 1.87. The lowest BCUT2D eigenvalue weighted by Gasteiger charge is -2.06. The van der Waals surface area contributed by atoms with Gasteiger partial charge in [-0.05, 0) is 42.5 Å². The number of carbonyl (C=O) groups is 1. The summed E-state index contributed by atoms with van der Waals surface area (Å²) in [5.41, 5.74) is 2.38. The molecule has 4 rings (SSSR count). The normalized spacial score (nSPS) is 11.6. The lowest BCUT2D eigenvalue weighted by atomic mass is 10.1. The molecule has 138 valence electrons. The van der Waals surface area contributed by atoms with Crippen LogP contribution in [-0.4, -0.2) is 5.97 Å². The van der Waals surface area contributed by atoms with Crippen molar-refractivity contribution in [3.05, 3.63) is 89.2 Å². The van der Waals surface area contributed by atoms with E-state index in [0.717, 1.165) is 22.0 Å². The molecule has 0 radical (unpaired) electrons. The van der Waals surface area contributed by atoms with Crippen molar-refractivity contribution in [2.24, 2.45) is 4.99 Å². The summed E-state index contributed by atoms with van der Waals surface area (Å²) in [7, 11) is 0. The Morgan fingerprint density at radius 1 is 0.964 bits per heavy atom. The lowest BCUT2D eigenvalue weighted by Crippen LogP contribution is -2.03. The molecular formula is C23H16ClNO3. The quantitative estimate of drug-likeness (QED) is 0.323. The Morgan fingerprint density at radius 2 is 1.71 bits per heavy atom. The molecule has 0 atom stereocenters. The summed E-state index contributed by atoms with van der Waals surface area (Å²) in [5.74, 6) is 0.834. The van der Waals surface area contributed by atoms with Crippen LogP contribution in [0.5, 0.6) is 5.75 Å². The first-order valence-corrected chi connectivity index (χ1v) is 9.08. The van der Waals surface area contributed by atoms with Crippen molar-refractivity contribution < 1.29 is 13.9 Å². The van der Waals surface area contributed by atoms with E-state index in [2.05, 4.69) is 0 Å². The van der Waals surface area contributed by atoms with Crippen LogP contribution in [0.4, 0.5) is 5.69 Å². The van der Waals surface area contributed by atoms with Gasteiger partial charge >= 0.3 is 5.97 Å². The summed E-state index contributed by atoms with van der Waals surface area (Å²) in [6.07, 6.45) is 0. The average molecular weight is 390 g/mol. The predicted octanol–water partition coefficient (Wildman–Crippen LogP) is 5.91. The molecule has 1 aromatic heterocycles. The Morgan fingerprint density at radius 3 is 2.43 bits per heavy atom. The first-order valence-electron chi connectivity index (χ1n) is 8.70. The summed E-state index contributed by atoms with van der Waals surface area (Å²) in [6, 6.07) is 24.2. The number of benzene rings is 3. The number of hydrogen-bond donors (Lipinski definition) is 0. The average Bonchev–Trinajstić information content (AvgIpc) is 2.70. The van der Waals surface area contributed by atoms with Crippen molar-refractivity contribution >= 4 is 34.2 Å². The van der Waals surface area contributed by atoms with Crippen molar-refractivity contribution in [2.45, 2.75) is 6.92 Å². The molecule has 1 heterocycles. The molecule has 5 heteroatoms. The molecule has 0 saturated carbocycles. The predicted molar refractivity (Wildman–Crippen MR) is 110 cm³/mol. The molecule has 0 aliphatic carbocycles. The first-order chi connectivity index (χ1) is 13.6. The van der Waals surface area contributed by atoms with Gasteiger partial charge in [-0.1, -0.05) is 41.9 Å². The molecule has 0 saturated heterocycles. The zero-order valence-corrected chi connectivity index (χ0v) is 15.8. The van der Waals surface area contributed by atoms with E-state index in [1.807, 2.05) is 48.5 Å². The van der Waals surface area contributed by atoms with E-state index in [1.165, 1.54) is 6.92 Å². The zero-order chi connectivity index (χ0) is 19.5. The minimum atomic E-state index is -0.359. The Hall–Kier alpha value is -3.37. The molecular weight excluding hydrogens is 374 g/mol. The molecule has 0 bridgehead atoms. The molecule has 0 aliphatic rings. The maximum Gasteiger partial charge on any atom is 0.308 e. The van der Waals surface area contributed by atoms with E-state index in [9.17, 15) is 4.79 Å². The molecule has 0 fully saturated rings. The van der Waals surface area contributed by atoms with E-state index in [1.54, 1.807) is 30.3 Å². The summed E-state index contributed by atoms with van der Waals surface area (Å²) in [4.78, 5) is 15.8. The Bertz CT molecular complexity index is 1210. The molecule has 0 unspecified atom stereocenters. The highest BCUT2D eigenvalue weighted by Crippen LogP contribution is 2.25. The number of hydrogen-bond acceptors (Lipinski definition) is 4. The van der Waals surface area contributed by atoms with E-state index < -0.39 is 0 Å². The second-order valence-corrected chi connectivity index (χ2v) is 6.64. The summed E-state index contributed by atoms with van der Waals surface area (Å²) < 4.78 is 11.1. The number of nitrogens with zero attached hydrogens (tertiary/aromatic N) is 1. The number of carbonyl (C=O) groups excluding carboxylic acids is 1. The van der Waals surface area contributed by atoms with Gasteiger partial charge in [0.1, 0.15) is 17.1 Å². The second-order valence-electron chi connectivity index (χ2n) is 6.20. The van der Waals surface area contributed by atoms with Gasteiger partial charge in [0.25, 0.3) is 0 Å². The van der Waals surface area contributed by atoms with E-state index >= 15 is 0 Å². The van der Waals surface area contributed by atoms with Crippen molar-refractivity contribution in [3.8, 4) is 17.1 Å². The molecule has 28 heavy (non-hydrogen) atoms. The van der Waals surface area contributed by atoms with E-state index in [0.29, 0.717) is 22.1 Å². The van der Waals surface area contributed by atoms with Crippen LogP contribution in [0.2, 0.25) is 5.02 Å². The third kappa shape index (κ3) is 3.97. The number of esters is 1. The van der Waals surface area contributed by atoms with Crippen LogP contribution >= 0.6 is 11.6 Å². The second kappa shape index (κ2) is 7.71. The Kier molecular flexibility index (Phi) is 4.96. The molecule has 4 aromatic rings. The lowest BCUT2D eigenvalue weighted by molar-refractivity contribution is -0.131. The molecule has 0 aliphatic heterocycles. The molecule has 0 N–H and O–H groups in total. The molecule has 4 nitrogen and oxygen atoms in total. The van der Waals surface area contributed by atoms with Gasteiger partial charge in [0.15, 0.2) is 0 Å². The van der Waals surface area contributed by atoms with E-state index in [4.69, 9.17) is 25.7 Å². The maximum atomic E-state index is 11.1. The fraction of sp³-hybridized carbons (Fsp3) is 0.0435. The highest BCUT2D eigenvalue weighted by Gasteiger charge is 2.07. The number of fused-ring (bicyclic) bond motifs is 1. The highest BCUT2D eigenvalue weighted by atomic mass is 35.5. The van der Waals surface area contributed by atoms with Crippen LogP contribution in [0.25, 0.3) is 22.3 Å². The number of ether oxygens (including phenoxy) is 1. The van der Waals surface area contributed by atoms with Crippen LogP contribution in [0.3, 0.4) is 0 Å². The van der Waals surface area contributed by atoms with Crippen molar-refractivity contribution in [1.29, 1.82) is 0 Å². The minimum Gasteiger partial charge on any atom is -0.456 e. The number of halogens is 1. The smallest absolute Gasteiger partial charge is 0.308 e. The monoisotopic (exact) mass is 389 g/mol. The van der Waals surface area contributed by atoms with Crippen LogP contribution < -0.4 is 10.1 Å².